The Morgan fingerprint density at radius 3 is 2.76 bits per heavy atom. The number of amides is 1. The van der Waals surface area contributed by atoms with Crippen molar-refractivity contribution < 1.29 is 4.79 Å². The first-order valence-corrected chi connectivity index (χ1v) is 8.67. The Hall–Kier alpha value is -2.51. The van der Waals surface area contributed by atoms with Crippen molar-refractivity contribution >= 4 is 5.91 Å². The van der Waals surface area contributed by atoms with Gasteiger partial charge in [-0.3, -0.25) is 9.89 Å². The van der Waals surface area contributed by atoms with E-state index in [2.05, 4.69) is 25.1 Å². The van der Waals surface area contributed by atoms with Crippen molar-refractivity contribution in [3.8, 4) is 0 Å². The molecule has 8 nitrogen and oxygen atoms in total. The maximum absolute atomic E-state index is 12.6. The molecule has 134 valence electrons. The molecule has 0 aromatic carbocycles. The molecule has 1 aliphatic rings. The Kier molecular flexibility index (Phi) is 4.96. The Morgan fingerprint density at radius 1 is 1.28 bits per heavy atom. The third kappa shape index (κ3) is 3.94. The smallest absolute Gasteiger partial charge is 0.342 e. The van der Waals surface area contributed by atoms with Gasteiger partial charge in [-0.1, -0.05) is 0 Å². The third-order valence-corrected chi connectivity index (χ3v) is 4.80. The lowest BCUT2D eigenvalue weighted by atomic mass is 9.96. The number of carbonyl (C=O) groups is 1. The van der Waals surface area contributed by atoms with E-state index in [9.17, 15) is 9.59 Å². The van der Waals surface area contributed by atoms with Crippen molar-refractivity contribution in [2.45, 2.75) is 52.4 Å². The number of aromatic amines is 2. The molecule has 1 amide bonds. The number of H-pyrrole nitrogens is 2. The van der Waals surface area contributed by atoms with Gasteiger partial charge in [0.2, 0.25) is 5.91 Å². The number of likely N-dealkylation sites (tertiary alicyclic amines) is 1. The number of piperidine rings is 1. The highest BCUT2D eigenvalue weighted by Crippen LogP contribution is 2.25. The summed E-state index contributed by atoms with van der Waals surface area (Å²) in [5.74, 6) is 1.92. The van der Waals surface area contributed by atoms with Crippen molar-refractivity contribution in [1.82, 2.24) is 30.0 Å². The highest BCUT2D eigenvalue weighted by molar-refractivity contribution is 5.76. The van der Waals surface area contributed by atoms with Crippen molar-refractivity contribution in [1.29, 1.82) is 0 Å². The van der Waals surface area contributed by atoms with E-state index in [1.165, 1.54) is 0 Å². The SMILES string of the molecule is Cc1nc(C2CCCN(C(=O)CCc3c(C)nc(=O)[nH]c3C)C2)n[nH]1. The molecule has 3 rings (SSSR count). The van der Waals surface area contributed by atoms with Crippen LogP contribution in [0.25, 0.3) is 0 Å². The van der Waals surface area contributed by atoms with Crippen LogP contribution in [0.5, 0.6) is 0 Å². The summed E-state index contributed by atoms with van der Waals surface area (Å²) >= 11 is 0. The van der Waals surface area contributed by atoms with E-state index in [0.29, 0.717) is 25.1 Å². The summed E-state index contributed by atoms with van der Waals surface area (Å²) in [6.45, 7) is 6.98. The molecule has 0 aliphatic carbocycles. The summed E-state index contributed by atoms with van der Waals surface area (Å²) < 4.78 is 0. The molecule has 2 aromatic heterocycles. The molecule has 1 saturated heterocycles. The van der Waals surface area contributed by atoms with Crippen LogP contribution in [0.4, 0.5) is 0 Å². The van der Waals surface area contributed by atoms with Crippen LogP contribution < -0.4 is 5.69 Å². The quantitative estimate of drug-likeness (QED) is 0.865. The first-order chi connectivity index (χ1) is 11.9. The average Bonchev–Trinajstić information content (AvgIpc) is 3.00. The molecule has 0 radical (unpaired) electrons. The Morgan fingerprint density at radius 2 is 2.08 bits per heavy atom. The molecule has 2 N–H and O–H groups in total. The lowest BCUT2D eigenvalue weighted by Gasteiger charge is -2.31. The van der Waals surface area contributed by atoms with E-state index in [0.717, 1.165) is 42.3 Å². The predicted octanol–water partition coefficient (Wildman–Crippen LogP) is 1.15. The zero-order valence-electron chi connectivity index (χ0n) is 14.9. The molecular formula is C17H24N6O2. The van der Waals surface area contributed by atoms with Crippen molar-refractivity contribution in [3.05, 3.63) is 39.1 Å². The summed E-state index contributed by atoms with van der Waals surface area (Å²) in [4.78, 5) is 36.9. The second-order valence-electron chi connectivity index (χ2n) is 6.69. The number of nitrogens with one attached hydrogen (secondary N) is 2. The van der Waals surface area contributed by atoms with E-state index < -0.39 is 0 Å². The highest BCUT2D eigenvalue weighted by atomic mass is 16.2. The Balaban J connectivity index is 1.62. The number of aryl methyl sites for hydroxylation is 3. The average molecular weight is 344 g/mol. The molecule has 1 atom stereocenters. The van der Waals surface area contributed by atoms with Crippen molar-refractivity contribution in [2.24, 2.45) is 0 Å². The summed E-state index contributed by atoms with van der Waals surface area (Å²) in [6.07, 6.45) is 2.96. The highest BCUT2D eigenvalue weighted by Gasteiger charge is 2.27. The molecule has 3 heterocycles. The number of nitrogens with zero attached hydrogens (tertiary/aromatic N) is 4. The first kappa shape index (κ1) is 17.3. The zero-order chi connectivity index (χ0) is 18.0. The molecule has 0 bridgehead atoms. The van der Waals surface area contributed by atoms with Gasteiger partial charge in [0.05, 0.1) is 0 Å². The van der Waals surface area contributed by atoms with Crippen LogP contribution in [0, 0.1) is 20.8 Å². The van der Waals surface area contributed by atoms with Gasteiger partial charge in [-0.05, 0) is 45.6 Å². The number of carbonyl (C=O) groups excluding carboxylic acids is 1. The van der Waals surface area contributed by atoms with E-state index in [1.54, 1.807) is 0 Å². The minimum atomic E-state index is -0.342. The fourth-order valence-electron chi connectivity index (χ4n) is 3.47. The minimum Gasteiger partial charge on any atom is -0.342 e. The number of hydrogen-bond donors (Lipinski definition) is 2. The van der Waals surface area contributed by atoms with Gasteiger partial charge in [-0.25, -0.2) is 9.78 Å². The summed E-state index contributed by atoms with van der Waals surface area (Å²) in [5.41, 5.74) is 2.09. The van der Waals surface area contributed by atoms with E-state index in [-0.39, 0.29) is 17.5 Å². The monoisotopic (exact) mass is 344 g/mol. The summed E-state index contributed by atoms with van der Waals surface area (Å²) in [7, 11) is 0. The van der Waals surface area contributed by atoms with E-state index in [1.807, 2.05) is 25.7 Å². The van der Waals surface area contributed by atoms with Gasteiger partial charge in [0.15, 0.2) is 5.82 Å². The summed E-state index contributed by atoms with van der Waals surface area (Å²) in [6, 6.07) is 0. The maximum Gasteiger partial charge on any atom is 0.345 e. The van der Waals surface area contributed by atoms with E-state index >= 15 is 0 Å². The molecule has 2 aromatic rings. The van der Waals surface area contributed by atoms with Gasteiger partial charge in [0.25, 0.3) is 0 Å². The molecule has 0 saturated carbocycles. The van der Waals surface area contributed by atoms with Gasteiger partial charge in [-0.2, -0.15) is 10.1 Å². The molecule has 1 fully saturated rings. The number of aromatic nitrogens is 5. The largest absolute Gasteiger partial charge is 0.345 e. The van der Waals surface area contributed by atoms with Crippen molar-refractivity contribution in [3.63, 3.8) is 0 Å². The van der Waals surface area contributed by atoms with Gasteiger partial charge in [0.1, 0.15) is 5.82 Å². The summed E-state index contributed by atoms with van der Waals surface area (Å²) in [5, 5.41) is 7.12. The number of hydrogen-bond acceptors (Lipinski definition) is 5. The van der Waals surface area contributed by atoms with Gasteiger partial charge < -0.3 is 9.88 Å². The molecule has 8 heteroatoms. The topological polar surface area (TPSA) is 108 Å². The van der Waals surface area contributed by atoms with Crippen LogP contribution in [0.15, 0.2) is 4.79 Å². The van der Waals surface area contributed by atoms with Crippen LogP contribution in [0.1, 0.15) is 53.8 Å². The molecule has 0 spiro atoms. The molecule has 1 unspecified atom stereocenters. The van der Waals surface area contributed by atoms with Crippen molar-refractivity contribution in [2.75, 3.05) is 13.1 Å². The minimum absolute atomic E-state index is 0.127. The van der Waals surface area contributed by atoms with Crippen LogP contribution >= 0.6 is 0 Å². The zero-order valence-corrected chi connectivity index (χ0v) is 14.9. The normalized spacial score (nSPS) is 17.7. The third-order valence-electron chi connectivity index (χ3n) is 4.80. The van der Waals surface area contributed by atoms with Crippen LogP contribution in [-0.4, -0.2) is 49.0 Å². The van der Waals surface area contributed by atoms with Crippen LogP contribution in [-0.2, 0) is 11.2 Å². The lowest BCUT2D eigenvalue weighted by Crippen LogP contribution is -2.39. The molecule has 25 heavy (non-hydrogen) atoms. The second-order valence-corrected chi connectivity index (χ2v) is 6.69. The Bertz CT molecular complexity index is 799. The van der Waals surface area contributed by atoms with Gasteiger partial charge in [0, 0.05) is 36.8 Å². The first-order valence-electron chi connectivity index (χ1n) is 8.67. The van der Waals surface area contributed by atoms with Crippen LogP contribution in [0.3, 0.4) is 0 Å². The Labute approximate surface area is 146 Å². The predicted molar refractivity (Wildman–Crippen MR) is 92.3 cm³/mol. The van der Waals surface area contributed by atoms with Crippen LogP contribution in [0.2, 0.25) is 0 Å². The second kappa shape index (κ2) is 7.16. The fraction of sp³-hybridized carbons (Fsp3) is 0.588. The lowest BCUT2D eigenvalue weighted by molar-refractivity contribution is -0.132. The number of rotatable bonds is 4. The maximum atomic E-state index is 12.6. The standard InChI is InChI=1S/C17H24N6O2/c1-10-14(11(2)19-17(25)18-10)6-7-15(24)23-8-4-5-13(9-23)16-20-12(3)21-22-16/h13H,4-9H2,1-3H3,(H,18,19,25)(H,20,21,22). The molecular weight excluding hydrogens is 320 g/mol. The van der Waals surface area contributed by atoms with Gasteiger partial charge >= 0.3 is 5.69 Å². The fourth-order valence-corrected chi connectivity index (χ4v) is 3.47. The van der Waals surface area contributed by atoms with Gasteiger partial charge in [-0.15, -0.1) is 0 Å². The molecule has 1 aliphatic heterocycles. The van der Waals surface area contributed by atoms with E-state index in [4.69, 9.17) is 0 Å².